The molecule has 23 heavy (non-hydrogen) atoms. The lowest BCUT2D eigenvalue weighted by atomic mass is 10.1. The molecule has 1 heterocycles. The summed E-state index contributed by atoms with van der Waals surface area (Å²) in [7, 11) is 0. The zero-order chi connectivity index (χ0) is 16.1. The molecular formula is C18H19NO4. The van der Waals surface area contributed by atoms with Gasteiger partial charge in [0.05, 0.1) is 12.6 Å². The lowest BCUT2D eigenvalue weighted by Crippen LogP contribution is -2.18. The number of hydrogen-bond acceptors (Lipinski definition) is 4. The second-order valence-electron chi connectivity index (χ2n) is 5.21. The van der Waals surface area contributed by atoms with Crippen LogP contribution in [-0.2, 0) is 11.3 Å². The van der Waals surface area contributed by atoms with E-state index < -0.39 is 6.09 Å². The van der Waals surface area contributed by atoms with Crippen molar-refractivity contribution in [3.8, 4) is 11.5 Å². The topological polar surface area (TPSA) is 56.8 Å². The molecule has 1 aliphatic heterocycles. The number of hydrogen-bond donors (Lipinski definition) is 1. The minimum absolute atomic E-state index is 0.148. The molecule has 1 aliphatic rings. The second-order valence-corrected chi connectivity index (χ2v) is 5.21. The van der Waals surface area contributed by atoms with Gasteiger partial charge in [-0.25, -0.2) is 4.79 Å². The Labute approximate surface area is 135 Å². The van der Waals surface area contributed by atoms with Crippen LogP contribution in [0, 0.1) is 0 Å². The molecule has 0 unspecified atom stereocenters. The smallest absolute Gasteiger partial charge is 0.407 e. The Bertz CT molecular complexity index is 672. The van der Waals surface area contributed by atoms with Crippen molar-refractivity contribution in [2.45, 2.75) is 19.6 Å². The monoisotopic (exact) mass is 313 g/mol. The van der Waals surface area contributed by atoms with Gasteiger partial charge in [-0.05, 0) is 30.2 Å². The van der Waals surface area contributed by atoms with E-state index in [4.69, 9.17) is 14.2 Å². The van der Waals surface area contributed by atoms with Gasteiger partial charge in [0.25, 0.3) is 0 Å². The van der Waals surface area contributed by atoms with Gasteiger partial charge in [0, 0.05) is 0 Å². The number of benzene rings is 2. The predicted octanol–water partition coefficient (Wildman–Crippen LogP) is 3.45. The normalized spacial score (nSPS) is 16.6. The van der Waals surface area contributed by atoms with E-state index in [1.165, 1.54) is 0 Å². The molecular weight excluding hydrogens is 294 g/mol. The summed E-state index contributed by atoms with van der Waals surface area (Å²) >= 11 is 0. The van der Waals surface area contributed by atoms with Gasteiger partial charge in [-0.3, -0.25) is 0 Å². The summed E-state index contributed by atoms with van der Waals surface area (Å²) in [5.74, 6) is 1.35. The fourth-order valence-corrected chi connectivity index (χ4v) is 2.43. The fourth-order valence-electron chi connectivity index (χ4n) is 2.43. The number of carbonyl (C=O) groups is 1. The molecule has 0 spiro atoms. The number of nitrogens with one attached hydrogen (secondary N) is 1. The van der Waals surface area contributed by atoms with Crippen molar-refractivity contribution < 1.29 is 19.0 Å². The third-order valence-electron chi connectivity index (χ3n) is 3.58. The van der Waals surface area contributed by atoms with Crippen molar-refractivity contribution in [3.63, 3.8) is 0 Å². The summed E-state index contributed by atoms with van der Waals surface area (Å²) < 4.78 is 16.5. The lowest BCUT2D eigenvalue weighted by molar-refractivity contribution is 0.177. The van der Waals surface area contributed by atoms with Crippen LogP contribution in [0.1, 0.15) is 24.1 Å². The molecule has 1 fully saturated rings. The van der Waals surface area contributed by atoms with Gasteiger partial charge in [0.15, 0.2) is 11.5 Å². The molecule has 1 amide bonds. The largest absolute Gasteiger partial charge is 0.490 e. The van der Waals surface area contributed by atoms with Crippen molar-refractivity contribution in [2.75, 3.05) is 13.2 Å². The average Bonchev–Trinajstić information content (AvgIpc) is 3.01. The maximum atomic E-state index is 11.2. The number of rotatable bonds is 6. The van der Waals surface area contributed by atoms with Crippen molar-refractivity contribution in [1.29, 1.82) is 0 Å². The molecule has 0 saturated carbocycles. The summed E-state index contributed by atoms with van der Waals surface area (Å²) in [5, 5.41) is 2.76. The van der Waals surface area contributed by atoms with Crippen molar-refractivity contribution in [3.05, 3.63) is 59.7 Å². The molecule has 3 rings (SSSR count). The average molecular weight is 313 g/mol. The number of cyclic esters (lactones) is 1. The van der Waals surface area contributed by atoms with Crippen LogP contribution in [0.15, 0.2) is 48.5 Å². The number of alkyl carbamates (subject to hydrolysis) is 1. The van der Waals surface area contributed by atoms with Crippen LogP contribution in [0.3, 0.4) is 0 Å². The fraction of sp³-hybridized carbons (Fsp3) is 0.278. The van der Waals surface area contributed by atoms with E-state index in [-0.39, 0.29) is 6.04 Å². The maximum absolute atomic E-state index is 11.2. The number of carbonyl (C=O) groups excluding carboxylic acids is 1. The van der Waals surface area contributed by atoms with E-state index in [2.05, 4.69) is 5.32 Å². The van der Waals surface area contributed by atoms with Gasteiger partial charge in [-0.15, -0.1) is 0 Å². The molecule has 0 radical (unpaired) electrons. The van der Waals surface area contributed by atoms with Crippen molar-refractivity contribution >= 4 is 6.09 Å². The van der Waals surface area contributed by atoms with Crippen LogP contribution in [0.2, 0.25) is 0 Å². The first kappa shape index (κ1) is 15.2. The van der Waals surface area contributed by atoms with E-state index in [1.807, 2.05) is 55.5 Å². The van der Waals surface area contributed by atoms with Gasteiger partial charge in [0.2, 0.25) is 0 Å². The van der Waals surface area contributed by atoms with Gasteiger partial charge >= 0.3 is 6.09 Å². The first-order valence-electron chi connectivity index (χ1n) is 7.63. The van der Waals surface area contributed by atoms with Crippen LogP contribution in [0.4, 0.5) is 4.79 Å². The first-order valence-corrected chi connectivity index (χ1v) is 7.63. The van der Waals surface area contributed by atoms with E-state index in [9.17, 15) is 4.79 Å². The van der Waals surface area contributed by atoms with Crippen LogP contribution in [0.25, 0.3) is 0 Å². The van der Waals surface area contributed by atoms with Gasteiger partial charge in [-0.2, -0.15) is 0 Å². The Balaban J connectivity index is 1.75. The summed E-state index contributed by atoms with van der Waals surface area (Å²) in [4.78, 5) is 11.2. The van der Waals surface area contributed by atoms with Crippen molar-refractivity contribution in [1.82, 2.24) is 5.32 Å². The Hall–Kier alpha value is -2.69. The lowest BCUT2D eigenvalue weighted by Gasteiger charge is -2.15. The molecule has 0 aromatic heterocycles. The van der Waals surface area contributed by atoms with Crippen LogP contribution in [0.5, 0.6) is 11.5 Å². The molecule has 0 aliphatic carbocycles. The Morgan fingerprint density at radius 3 is 2.65 bits per heavy atom. The molecule has 2 aromatic carbocycles. The van der Waals surface area contributed by atoms with Crippen LogP contribution >= 0.6 is 0 Å². The molecule has 1 atom stereocenters. The Morgan fingerprint density at radius 2 is 1.96 bits per heavy atom. The Kier molecular flexibility index (Phi) is 4.66. The predicted molar refractivity (Wildman–Crippen MR) is 85.6 cm³/mol. The van der Waals surface area contributed by atoms with Crippen LogP contribution < -0.4 is 14.8 Å². The summed E-state index contributed by atoms with van der Waals surface area (Å²) in [6.45, 7) is 3.27. The minimum Gasteiger partial charge on any atom is -0.490 e. The molecule has 2 aromatic rings. The van der Waals surface area contributed by atoms with Crippen molar-refractivity contribution in [2.24, 2.45) is 0 Å². The van der Waals surface area contributed by atoms with E-state index >= 15 is 0 Å². The van der Waals surface area contributed by atoms with Gasteiger partial charge in [-0.1, -0.05) is 36.4 Å². The molecule has 1 N–H and O–H groups in total. The van der Waals surface area contributed by atoms with E-state index in [0.29, 0.717) is 31.3 Å². The SMILES string of the molecule is CCOc1cc([C@@H]2COC(=O)N2)ccc1OCc1ccccc1. The molecule has 5 heteroatoms. The second kappa shape index (κ2) is 7.05. The molecule has 1 saturated heterocycles. The van der Waals surface area contributed by atoms with Crippen LogP contribution in [-0.4, -0.2) is 19.3 Å². The molecule has 0 bridgehead atoms. The van der Waals surface area contributed by atoms with Gasteiger partial charge in [0.1, 0.15) is 13.2 Å². The van der Waals surface area contributed by atoms with E-state index in [0.717, 1.165) is 11.1 Å². The Morgan fingerprint density at radius 1 is 1.13 bits per heavy atom. The highest BCUT2D eigenvalue weighted by atomic mass is 16.6. The zero-order valence-electron chi connectivity index (χ0n) is 13.0. The standard InChI is InChI=1S/C18H19NO4/c1-2-21-17-10-14(15-12-23-18(20)19-15)8-9-16(17)22-11-13-6-4-3-5-7-13/h3-10,15H,2,11-12H2,1H3,(H,19,20)/t15-/m0/s1. The summed E-state index contributed by atoms with van der Waals surface area (Å²) in [5.41, 5.74) is 2.03. The van der Waals surface area contributed by atoms with E-state index in [1.54, 1.807) is 0 Å². The van der Waals surface area contributed by atoms with Gasteiger partial charge < -0.3 is 19.5 Å². The summed E-state index contributed by atoms with van der Waals surface area (Å²) in [6, 6.07) is 15.5. The number of ether oxygens (including phenoxy) is 3. The molecule has 5 nitrogen and oxygen atoms in total. The first-order chi connectivity index (χ1) is 11.3. The highest BCUT2D eigenvalue weighted by Gasteiger charge is 2.24. The quantitative estimate of drug-likeness (QED) is 0.887. The minimum atomic E-state index is -0.391. The highest BCUT2D eigenvalue weighted by Crippen LogP contribution is 2.32. The zero-order valence-corrected chi connectivity index (χ0v) is 13.0. The molecule has 120 valence electrons. The third kappa shape index (κ3) is 3.74. The number of amides is 1. The maximum Gasteiger partial charge on any atom is 0.407 e. The third-order valence-corrected chi connectivity index (χ3v) is 3.58. The highest BCUT2D eigenvalue weighted by molar-refractivity contribution is 5.70. The summed E-state index contributed by atoms with van der Waals surface area (Å²) in [6.07, 6.45) is -0.391.